The van der Waals surface area contributed by atoms with E-state index in [1.807, 2.05) is 37.4 Å². The van der Waals surface area contributed by atoms with Crippen molar-refractivity contribution in [1.29, 1.82) is 5.26 Å². The molecule has 19 heavy (non-hydrogen) atoms. The van der Waals surface area contributed by atoms with Crippen LogP contribution in [0.3, 0.4) is 0 Å². The first-order valence-electron chi connectivity index (χ1n) is 5.66. The van der Waals surface area contributed by atoms with Crippen LogP contribution in [0.4, 0.5) is 0 Å². The summed E-state index contributed by atoms with van der Waals surface area (Å²) < 4.78 is 5.21. The minimum absolute atomic E-state index is 0.506. The first-order chi connectivity index (χ1) is 9.19. The lowest BCUT2D eigenvalue weighted by atomic mass is 10.1. The van der Waals surface area contributed by atoms with Gasteiger partial charge >= 0.3 is 0 Å². The van der Waals surface area contributed by atoms with Gasteiger partial charge in [0, 0.05) is 5.56 Å². The summed E-state index contributed by atoms with van der Waals surface area (Å²) in [6.07, 6.45) is 1.90. The van der Waals surface area contributed by atoms with Crippen LogP contribution in [0.1, 0.15) is 11.4 Å². The summed E-state index contributed by atoms with van der Waals surface area (Å²) in [7, 11) is 1.61. The number of aromatic nitrogens is 2. The lowest BCUT2D eigenvalue weighted by Gasteiger charge is -2.09. The normalized spacial score (nSPS) is 10.0. The Morgan fingerprint density at radius 3 is 2.74 bits per heavy atom. The summed E-state index contributed by atoms with van der Waals surface area (Å²) in [5.41, 5.74) is 2.02. The molecule has 0 N–H and O–H groups in total. The Balaban J connectivity index is 2.67. The third-order valence-electron chi connectivity index (χ3n) is 2.64. The average molecular weight is 271 g/mol. The highest BCUT2D eigenvalue weighted by Crippen LogP contribution is 2.29. The second kappa shape index (κ2) is 5.72. The van der Waals surface area contributed by atoms with Crippen LogP contribution < -0.4 is 4.74 Å². The van der Waals surface area contributed by atoms with E-state index in [4.69, 9.17) is 4.74 Å². The molecule has 0 saturated carbocycles. The fourth-order valence-corrected chi connectivity index (χ4v) is 2.34. The van der Waals surface area contributed by atoms with Crippen LogP contribution in [0.15, 0.2) is 29.3 Å². The second-order valence-electron chi connectivity index (χ2n) is 3.85. The van der Waals surface area contributed by atoms with Gasteiger partial charge in [0.25, 0.3) is 0 Å². The van der Waals surface area contributed by atoms with E-state index in [2.05, 4.69) is 16.0 Å². The number of hydrogen-bond acceptors (Lipinski definition) is 5. The third-order valence-corrected chi connectivity index (χ3v) is 3.32. The molecule has 1 aromatic carbocycles. The molecular weight excluding hydrogens is 258 g/mol. The lowest BCUT2D eigenvalue weighted by molar-refractivity contribution is 0.415. The Morgan fingerprint density at radius 2 is 2.11 bits per heavy atom. The number of methoxy groups -OCH3 is 1. The fourth-order valence-electron chi connectivity index (χ4n) is 1.77. The number of hydrogen-bond donors (Lipinski definition) is 0. The molecule has 0 aliphatic carbocycles. The van der Waals surface area contributed by atoms with Crippen molar-refractivity contribution in [3.63, 3.8) is 0 Å². The highest BCUT2D eigenvalue weighted by atomic mass is 32.2. The van der Waals surface area contributed by atoms with Crippen molar-refractivity contribution >= 4 is 11.8 Å². The van der Waals surface area contributed by atoms with Gasteiger partial charge in [0.2, 0.25) is 0 Å². The zero-order chi connectivity index (χ0) is 13.8. The van der Waals surface area contributed by atoms with Crippen molar-refractivity contribution in [3.8, 4) is 23.1 Å². The summed E-state index contributed by atoms with van der Waals surface area (Å²) in [5, 5.41) is 10.0. The van der Waals surface area contributed by atoms with Crippen LogP contribution in [0, 0.1) is 18.3 Å². The molecule has 0 aliphatic heterocycles. The van der Waals surface area contributed by atoms with Gasteiger partial charge in [-0.05, 0) is 25.3 Å². The largest absolute Gasteiger partial charge is 0.497 e. The molecule has 0 radical (unpaired) electrons. The number of aryl methyl sites for hydroxylation is 1. The summed E-state index contributed by atoms with van der Waals surface area (Å²) >= 11 is 1.45. The molecule has 0 fully saturated rings. The van der Waals surface area contributed by atoms with Crippen LogP contribution >= 0.6 is 11.8 Å². The van der Waals surface area contributed by atoms with Crippen molar-refractivity contribution in [2.75, 3.05) is 13.4 Å². The molecule has 4 nitrogen and oxygen atoms in total. The zero-order valence-electron chi connectivity index (χ0n) is 11.0. The van der Waals surface area contributed by atoms with E-state index >= 15 is 0 Å². The Labute approximate surface area is 116 Å². The third kappa shape index (κ3) is 2.69. The molecule has 96 valence electrons. The molecule has 0 aliphatic rings. The van der Waals surface area contributed by atoms with E-state index in [-0.39, 0.29) is 0 Å². The SMILES string of the molecule is COc1cccc(-c2nc(C)nc(SC)c2C#N)c1. The number of ether oxygens (including phenoxy) is 1. The lowest BCUT2D eigenvalue weighted by Crippen LogP contribution is -1.99. The number of nitriles is 1. The quantitative estimate of drug-likeness (QED) is 0.634. The summed E-state index contributed by atoms with van der Waals surface area (Å²) in [5.74, 6) is 1.39. The highest BCUT2D eigenvalue weighted by molar-refractivity contribution is 7.98. The van der Waals surface area contributed by atoms with Crippen LogP contribution in [0.2, 0.25) is 0 Å². The maximum Gasteiger partial charge on any atom is 0.127 e. The first-order valence-corrected chi connectivity index (χ1v) is 6.89. The predicted octanol–water partition coefficient (Wildman–Crippen LogP) is 3.05. The average Bonchev–Trinajstić information content (AvgIpc) is 2.46. The Hall–Kier alpha value is -2.06. The van der Waals surface area contributed by atoms with Gasteiger partial charge in [0.05, 0.1) is 12.8 Å². The summed E-state index contributed by atoms with van der Waals surface area (Å²) in [6, 6.07) is 9.71. The van der Waals surface area contributed by atoms with Gasteiger partial charge in [0.1, 0.15) is 28.2 Å². The van der Waals surface area contributed by atoms with Crippen molar-refractivity contribution in [1.82, 2.24) is 9.97 Å². The van der Waals surface area contributed by atoms with Gasteiger partial charge in [-0.3, -0.25) is 0 Å². The summed E-state index contributed by atoms with van der Waals surface area (Å²) in [6.45, 7) is 1.82. The molecule has 2 rings (SSSR count). The van der Waals surface area contributed by atoms with Gasteiger partial charge in [-0.15, -0.1) is 11.8 Å². The maximum absolute atomic E-state index is 9.33. The smallest absolute Gasteiger partial charge is 0.127 e. The van der Waals surface area contributed by atoms with Gasteiger partial charge in [-0.2, -0.15) is 5.26 Å². The minimum Gasteiger partial charge on any atom is -0.497 e. The molecule has 0 bridgehead atoms. The summed E-state index contributed by atoms with van der Waals surface area (Å²) in [4.78, 5) is 8.69. The van der Waals surface area contributed by atoms with Crippen molar-refractivity contribution < 1.29 is 4.74 Å². The standard InChI is InChI=1S/C14H13N3OS/c1-9-16-13(12(8-15)14(17-9)19-3)10-5-4-6-11(7-10)18-2/h4-7H,1-3H3. The topological polar surface area (TPSA) is 58.8 Å². The Morgan fingerprint density at radius 1 is 1.32 bits per heavy atom. The molecule has 0 unspecified atom stereocenters. The fraction of sp³-hybridized carbons (Fsp3) is 0.214. The Kier molecular flexibility index (Phi) is 4.03. The van der Waals surface area contributed by atoms with Crippen LogP contribution in [0.5, 0.6) is 5.75 Å². The van der Waals surface area contributed by atoms with Gasteiger partial charge in [-0.25, -0.2) is 9.97 Å². The predicted molar refractivity (Wildman–Crippen MR) is 75.3 cm³/mol. The van der Waals surface area contributed by atoms with Crippen molar-refractivity contribution in [3.05, 3.63) is 35.7 Å². The number of nitrogens with zero attached hydrogens (tertiary/aromatic N) is 3. The van der Waals surface area contributed by atoms with Gasteiger partial charge in [0.15, 0.2) is 0 Å². The van der Waals surface area contributed by atoms with Crippen LogP contribution in [0.25, 0.3) is 11.3 Å². The first kappa shape index (κ1) is 13.4. The van der Waals surface area contributed by atoms with Crippen molar-refractivity contribution in [2.45, 2.75) is 11.9 Å². The number of thioether (sulfide) groups is 1. The number of rotatable bonds is 3. The highest BCUT2D eigenvalue weighted by Gasteiger charge is 2.14. The molecular formula is C14H13N3OS. The molecule has 0 amide bonds. The minimum atomic E-state index is 0.506. The van der Waals surface area contributed by atoms with E-state index in [1.165, 1.54) is 11.8 Å². The second-order valence-corrected chi connectivity index (χ2v) is 4.64. The monoisotopic (exact) mass is 271 g/mol. The molecule has 0 atom stereocenters. The molecule has 0 saturated heterocycles. The van der Waals surface area contributed by atoms with E-state index in [0.29, 0.717) is 22.1 Å². The number of benzene rings is 1. The maximum atomic E-state index is 9.33. The van der Waals surface area contributed by atoms with Crippen LogP contribution in [-0.2, 0) is 0 Å². The van der Waals surface area contributed by atoms with E-state index < -0.39 is 0 Å². The van der Waals surface area contributed by atoms with Crippen molar-refractivity contribution in [2.24, 2.45) is 0 Å². The zero-order valence-corrected chi connectivity index (χ0v) is 11.8. The molecule has 1 heterocycles. The van der Waals surface area contributed by atoms with Gasteiger partial charge in [-0.1, -0.05) is 12.1 Å². The van der Waals surface area contributed by atoms with Gasteiger partial charge < -0.3 is 4.74 Å². The molecule has 2 aromatic rings. The molecule has 5 heteroatoms. The van der Waals surface area contributed by atoms with E-state index in [1.54, 1.807) is 7.11 Å². The van der Waals surface area contributed by atoms with E-state index in [9.17, 15) is 5.26 Å². The van der Waals surface area contributed by atoms with E-state index in [0.717, 1.165) is 11.3 Å². The van der Waals surface area contributed by atoms with Crippen LogP contribution in [-0.4, -0.2) is 23.3 Å². The molecule has 0 spiro atoms. The Bertz CT molecular complexity index is 650. The molecule has 1 aromatic heterocycles.